The predicted octanol–water partition coefficient (Wildman–Crippen LogP) is 2.19. The molecular formula is C14H13ClN2O4. The number of hydrogen-bond acceptors (Lipinski definition) is 4. The van der Waals surface area contributed by atoms with E-state index in [9.17, 15) is 14.7 Å². The normalized spacial score (nSPS) is 12.1. The van der Waals surface area contributed by atoms with Crippen molar-refractivity contribution in [3.63, 3.8) is 0 Å². The molecule has 0 spiro atoms. The Kier molecular flexibility index (Phi) is 4.28. The third-order valence-corrected chi connectivity index (χ3v) is 3.35. The first-order chi connectivity index (χ1) is 9.95. The van der Waals surface area contributed by atoms with Crippen LogP contribution in [0.2, 0.25) is 5.15 Å². The van der Waals surface area contributed by atoms with Crippen molar-refractivity contribution in [1.82, 2.24) is 10.3 Å². The largest absolute Gasteiger partial charge is 0.505 e. The molecule has 0 radical (unpaired) electrons. The summed E-state index contributed by atoms with van der Waals surface area (Å²) in [6, 6.07) is 5.63. The van der Waals surface area contributed by atoms with E-state index >= 15 is 0 Å². The number of aromatic hydroxyl groups is 1. The van der Waals surface area contributed by atoms with Gasteiger partial charge in [0, 0.05) is 10.8 Å². The van der Waals surface area contributed by atoms with Crippen LogP contribution < -0.4 is 5.32 Å². The number of nitrogens with zero attached hydrogens (tertiary/aromatic N) is 1. The third-order valence-electron chi connectivity index (χ3n) is 3.07. The Bertz CT molecular complexity index is 717. The van der Waals surface area contributed by atoms with Crippen LogP contribution in [0.25, 0.3) is 10.8 Å². The third kappa shape index (κ3) is 2.90. The number of rotatable bonds is 4. The Balaban J connectivity index is 2.45. The molecule has 2 rings (SSSR count). The number of hydrogen-bond donors (Lipinski definition) is 3. The summed E-state index contributed by atoms with van der Waals surface area (Å²) in [6.45, 7) is 1.62. The van der Waals surface area contributed by atoms with E-state index in [0.717, 1.165) is 0 Å². The maximum Gasteiger partial charge on any atom is 0.326 e. The molecule has 1 atom stereocenters. The van der Waals surface area contributed by atoms with Crippen molar-refractivity contribution in [1.29, 1.82) is 0 Å². The van der Waals surface area contributed by atoms with Gasteiger partial charge in [0.05, 0.1) is 0 Å². The van der Waals surface area contributed by atoms with Gasteiger partial charge in [-0.25, -0.2) is 9.78 Å². The van der Waals surface area contributed by atoms with Gasteiger partial charge in [0.15, 0.2) is 11.4 Å². The van der Waals surface area contributed by atoms with Crippen molar-refractivity contribution in [3.8, 4) is 5.75 Å². The fourth-order valence-corrected chi connectivity index (χ4v) is 2.18. The quantitative estimate of drug-likeness (QED) is 0.752. The molecule has 110 valence electrons. The van der Waals surface area contributed by atoms with Crippen molar-refractivity contribution < 1.29 is 19.8 Å². The van der Waals surface area contributed by atoms with E-state index in [-0.39, 0.29) is 23.0 Å². The molecule has 1 aromatic carbocycles. The number of aromatic nitrogens is 1. The Morgan fingerprint density at radius 1 is 1.33 bits per heavy atom. The van der Waals surface area contributed by atoms with E-state index in [1.165, 1.54) is 0 Å². The molecule has 21 heavy (non-hydrogen) atoms. The number of aliphatic carboxylic acids is 1. The molecule has 3 N–H and O–H groups in total. The predicted molar refractivity (Wildman–Crippen MR) is 77.6 cm³/mol. The number of carboxylic acid groups (broad SMARTS) is 1. The van der Waals surface area contributed by atoms with Crippen LogP contribution in [0.4, 0.5) is 0 Å². The van der Waals surface area contributed by atoms with Gasteiger partial charge in [-0.15, -0.1) is 0 Å². The van der Waals surface area contributed by atoms with Crippen molar-refractivity contribution in [2.24, 2.45) is 0 Å². The van der Waals surface area contributed by atoms with Crippen LogP contribution in [-0.2, 0) is 4.79 Å². The molecule has 7 heteroatoms. The summed E-state index contributed by atoms with van der Waals surface area (Å²) in [5.41, 5.74) is -0.293. The molecule has 0 aliphatic carbocycles. The van der Waals surface area contributed by atoms with Crippen LogP contribution in [0.5, 0.6) is 5.75 Å². The first-order valence-corrected chi connectivity index (χ1v) is 6.64. The van der Waals surface area contributed by atoms with E-state index in [1.54, 1.807) is 31.2 Å². The van der Waals surface area contributed by atoms with Crippen molar-refractivity contribution in [2.75, 3.05) is 0 Å². The number of carbonyl (C=O) groups excluding carboxylic acids is 1. The van der Waals surface area contributed by atoms with Crippen LogP contribution in [0.3, 0.4) is 0 Å². The SMILES string of the molecule is CCC(NC(=O)c1nc(Cl)c2ccccc2c1O)C(=O)O. The molecular weight excluding hydrogens is 296 g/mol. The Morgan fingerprint density at radius 2 is 1.95 bits per heavy atom. The standard InChI is InChI=1S/C14H13ClN2O4/c1-2-9(14(20)21)16-13(19)10-11(18)7-5-3-4-6-8(7)12(15)17-10/h3-6,9,18H,2H2,1H3,(H,16,19)(H,20,21). The summed E-state index contributed by atoms with van der Waals surface area (Å²) in [5.74, 6) is -2.26. The van der Waals surface area contributed by atoms with E-state index in [1.807, 2.05) is 0 Å². The number of pyridine rings is 1. The molecule has 0 saturated heterocycles. The van der Waals surface area contributed by atoms with Crippen molar-refractivity contribution in [3.05, 3.63) is 35.1 Å². The zero-order valence-corrected chi connectivity index (χ0v) is 11.9. The summed E-state index contributed by atoms with van der Waals surface area (Å²) in [6.07, 6.45) is 0.211. The maximum atomic E-state index is 12.1. The minimum Gasteiger partial charge on any atom is -0.505 e. The van der Waals surface area contributed by atoms with E-state index in [0.29, 0.717) is 10.8 Å². The van der Waals surface area contributed by atoms with Gasteiger partial charge in [-0.05, 0) is 6.42 Å². The molecule has 1 amide bonds. The summed E-state index contributed by atoms with van der Waals surface area (Å²) in [5, 5.41) is 22.3. The lowest BCUT2D eigenvalue weighted by Crippen LogP contribution is -2.40. The Labute approximate surface area is 125 Å². The topological polar surface area (TPSA) is 99.5 Å². The van der Waals surface area contributed by atoms with E-state index in [4.69, 9.17) is 16.7 Å². The number of nitrogens with one attached hydrogen (secondary N) is 1. The maximum absolute atomic E-state index is 12.1. The minimum atomic E-state index is -1.16. The molecule has 1 heterocycles. The van der Waals surface area contributed by atoms with E-state index in [2.05, 4.69) is 10.3 Å². The Hall–Kier alpha value is -2.34. The van der Waals surface area contributed by atoms with Gasteiger partial charge in [-0.2, -0.15) is 0 Å². The number of fused-ring (bicyclic) bond motifs is 1. The number of halogens is 1. The van der Waals surface area contributed by atoms with Crippen LogP contribution in [0.1, 0.15) is 23.8 Å². The van der Waals surface area contributed by atoms with Gasteiger partial charge in [-0.1, -0.05) is 42.8 Å². The average molecular weight is 309 g/mol. The molecule has 6 nitrogen and oxygen atoms in total. The second kappa shape index (κ2) is 5.97. The molecule has 1 aromatic heterocycles. The molecule has 0 bridgehead atoms. The van der Waals surface area contributed by atoms with Crippen LogP contribution in [-0.4, -0.2) is 33.1 Å². The molecule has 0 aliphatic rings. The summed E-state index contributed by atoms with van der Waals surface area (Å²) in [7, 11) is 0. The highest BCUT2D eigenvalue weighted by Gasteiger charge is 2.23. The van der Waals surface area contributed by atoms with Crippen LogP contribution in [0, 0.1) is 0 Å². The van der Waals surface area contributed by atoms with Gasteiger partial charge in [0.1, 0.15) is 11.2 Å². The fourth-order valence-electron chi connectivity index (χ4n) is 1.93. The van der Waals surface area contributed by atoms with Crippen LogP contribution >= 0.6 is 11.6 Å². The fraction of sp³-hybridized carbons (Fsp3) is 0.214. The Morgan fingerprint density at radius 3 is 2.52 bits per heavy atom. The number of benzene rings is 1. The van der Waals surface area contributed by atoms with Gasteiger partial charge in [-0.3, -0.25) is 4.79 Å². The van der Waals surface area contributed by atoms with Gasteiger partial charge in [0.2, 0.25) is 0 Å². The average Bonchev–Trinajstić information content (AvgIpc) is 2.48. The van der Waals surface area contributed by atoms with Gasteiger partial charge in [0.25, 0.3) is 5.91 Å². The molecule has 0 fully saturated rings. The highest BCUT2D eigenvalue weighted by Crippen LogP contribution is 2.31. The highest BCUT2D eigenvalue weighted by molar-refractivity contribution is 6.34. The minimum absolute atomic E-state index is 0.0666. The molecule has 1 unspecified atom stereocenters. The zero-order chi connectivity index (χ0) is 15.6. The van der Waals surface area contributed by atoms with Crippen molar-refractivity contribution >= 4 is 34.2 Å². The van der Waals surface area contributed by atoms with Gasteiger partial charge < -0.3 is 15.5 Å². The molecule has 0 saturated carbocycles. The lowest BCUT2D eigenvalue weighted by atomic mass is 10.1. The lowest BCUT2D eigenvalue weighted by molar-refractivity contribution is -0.139. The molecule has 2 aromatic rings. The number of carbonyl (C=O) groups is 2. The zero-order valence-electron chi connectivity index (χ0n) is 11.1. The summed E-state index contributed by atoms with van der Waals surface area (Å²) >= 11 is 5.99. The van der Waals surface area contributed by atoms with Crippen molar-refractivity contribution in [2.45, 2.75) is 19.4 Å². The van der Waals surface area contributed by atoms with E-state index < -0.39 is 17.9 Å². The summed E-state index contributed by atoms with van der Waals surface area (Å²) in [4.78, 5) is 26.9. The van der Waals surface area contributed by atoms with Crippen LogP contribution in [0.15, 0.2) is 24.3 Å². The first-order valence-electron chi connectivity index (χ1n) is 6.26. The second-order valence-electron chi connectivity index (χ2n) is 4.42. The second-order valence-corrected chi connectivity index (χ2v) is 4.78. The highest BCUT2D eigenvalue weighted by atomic mass is 35.5. The smallest absolute Gasteiger partial charge is 0.326 e. The number of carboxylic acids is 1. The molecule has 0 aliphatic heterocycles. The van der Waals surface area contributed by atoms with Gasteiger partial charge >= 0.3 is 5.97 Å². The lowest BCUT2D eigenvalue weighted by Gasteiger charge is -2.13. The monoisotopic (exact) mass is 308 g/mol. The first kappa shape index (κ1) is 15.1. The number of amides is 1. The summed E-state index contributed by atoms with van der Waals surface area (Å²) < 4.78 is 0.